The minimum absolute atomic E-state index is 0.0240. The zero-order valence-corrected chi connectivity index (χ0v) is 15.0. The Morgan fingerprint density at radius 3 is 2.42 bits per heavy atom. The molecule has 0 aromatic carbocycles. The lowest BCUT2D eigenvalue weighted by molar-refractivity contribution is -0.156. The monoisotopic (exact) mass is 362 g/mol. The Kier molecular flexibility index (Phi) is 3.79. The van der Waals surface area contributed by atoms with Crippen LogP contribution in [-0.2, 0) is 38.1 Å². The molecule has 0 aromatic rings. The molecule has 2 bridgehead atoms. The van der Waals surface area contributed by atoms with Crippen molar-refractivity contribution < 1.29 is 36.4 Å². The van der Waals surface area contributed by atoms with Crippen molar-refractivity contribution in [1.29, 1.82) is 0 Å². The van der Waals surface area contributed by atoms with E-state index in [4.69, 9.17) is 18.4 Å². The van der Waals surface area contributed by atoms with Gasteiger partial charge < -0.3 is 14.2 Å². The Morgan fingerprint density at radius 2 is 1.83 bits per heavy atom. The SMILES string of the molecule is CC(=O)OCCC12OC3(COC(C)=O)CC1(C)S(=O)(=O)OC2C3C. The van der Waals surface area contributed by atoms with Gasteiger partial charge in [-0.3, -0.25) is 13.8 Å². The van der Waals surface area contributed by atoms with E-state index in [2.05, 4.69) is 0 Å². The number of fused-ring (bicyclic) bond motifs is 1. The highest BCUT2D eigenvalue weighted by atomic mass is 32.2. The second-order valence-electron chi connectivity index (χ2n) is 7.09. The summed E-state index contributed by atoms with van der Waals surface area (Å²) in [5, 5.41) is 0. The topological polar surface area (TPSA) is 105 Å². The Labute approximate surface area is 140 Å². The van der Waals surface area contributed by atoms with Crippen molar-refractivity contribution in [3.63, 3.8) is 0 Å². The minimum Gasteiger partial charge on any atom is -0.466 e. The predicted molar refractivity (Wildman–Crippen MR) is 80.4 cm³/mol. The fourth-order valence-electron chi connectivity index (χ4n) is 4.46. The molecule has 3 fully saturated rings. The maximum absolute atomic E-state index is 12.6. The van der Waals surface area contributed by atoms with Crippen molar-refractivity contribution in [3.8, 4) is 0 Å². The number of hydrogen-bond donors (Lipinski definition) is 0. The minimum atomic E-state index is -3.86. The second kappa shape index (κ2) is 5.15. The Bertz CT molecular complexity index is 688. The third kappa shape index (κ3) is 2.07. The van der Waals surface area contributed by atoms with E-state index in [9.17, 15) is 18.0 Å². The maximum atomic E-state index is 12.6. The van der Waals surface area contributed by atoms with E-state index in [0.29, 0.717) is 0 Å². The summed E-state index contributed by atoms with van der Waals surface area (Å²) in [4.78, 5) is 22.2. The molecule has 0 amide bonds. The molecule has 5 unspecified atom stereocenters. The lowest BCUT2D eigenvalue weighted by atomic mass is 9.66. The molecule has 3 saturated heterocycles. The number of rotatable bonds is 5. The quantitative estimate of drug-likeness (QED) is 0.515. The van der Waals surface area contributed by atoms with Crippen LogP contribution in [0.4, 0.5) is 0 Å². The van der Waals surface area contributed by atoms with Gasteiger partial charge in [0.25, 0.3) is 10.1 Å². The number of carbonyl (C=O) groups excluding carboxylic acids is 2. The summed E-state index contributed by atoms with van der Waals surface area (Å²) in [7, 11) is -3.86. The molecule has 136 valence electrons. The summed E-state index contributed by atoms with van der Waals surface area (Å²) < 4.78 is 45.7. The van der Waals surface area contributed by atoms with Gasteiger partial charge in [0, 0.05) is 32.6 Å². The Hall–Kier alpha value is -1.19. The Morgan fingerprint density at radius 1 is 1.21 bits per heavy atom. The van der Waals surface area contributed by atoms with E-state index in [1.54, 1.807) is 6.92 Å². The molecular weight excluding hydrogens is 340 g/mol. The number of ether oxygens (including phenoxy) is 3. The van der Waals surface area contributed by atoms with Crippen molar-refractivity contribution >= 4 is 22.1 Å². The molecule has 0 spiro atoms. The van der Waals surface area contributed by atoms with E-state index in [1.807, 2.05) is 6.92 Å². The zero-order chi connectivity index (χ0) is 18.0. The lowest BCUT2D eigenvalue weighted by Crippen LogP contribution is -2.56. The van der Waals surface area contributed by atoms with Crippen LogP contribution < -0.4 is 0 Å². The van der Waals surface area contributed by atoms with Gasteiger partial charge in [-0.25, -0.2) is 0 Å². The van der Waals surface area contributed by atoms with Crippen LogP contribution in [0.25, 0.3) is 0 Å². The third-order valence-corrected chi connectivity index (χ3v) is 7.80. The van der Waals surface area contributed by atoms with Crippen LogP contribution in [0.3, 0.4) is 0 Å². The molecule has 0 saturated carbocycles. The van der Waals surface area contributed by atoms with Crippen molar-refractivity contribution in [2.75, 3.05) is 13.2 Å². The molecule has 0 radical (unpaired) electrons. The van der Waals surface area contributed by atoms with Crippen molar-refractivity contribution in [2.24, 2.45) is 5.92 Å². The van der Waals surface area contributed by atoms with E-state index >= 15 is 0 Å². The molecule has 0 N–H and O–H groups in total. The van der Waals surface area contributed by atoms with E-state index < -0.39 is 44.1 Å². The molecular formula is C15H22O8S. The average molecular weight is 362 g/mol. The van der Waals surface area contributed by atoms with Crippen molar-refractivity contribution in [2.45, 2.75) is 62.6 Å². The third-order valence-electron chi connectivity index (χ3n) is 5.74. The first-order chi connectivity index (χ1) is 11.0. The van der Waals surface area contributed by atoms with Crippen LogP contribution in [0.1, 0.15) is 40.5 Å². The van der Waals surface area contributed by atoms with Crippen LogP contribution in [0, 0.1) is 5.92 Å². The molecule has 0 aliphatic carbocycles. The van der Waals surface area contributed by atoms with Gasteiger partial charge in [0.05, 0.1) is 6.61 Å². The first-order valence-electron chi connectivity index (χ1n) is 7.89. The van der Waals surface area contributed by atoms with Gasteiger partial charge in [0.1, 0.15) is 28.7 Å². The van der Waals surface area contributed by atoms with Crippen LogP contribution in [0.5, 0.6) is 0 Å². The normalized spacial score (nSPS) is 44.5. The smallest absolute Gasteiger partial charge is 0.302 e. The van der Waals surface area contributed by atoms with Gasteiger partial charge in [0.2, 0.25) is 0 Å². The highest BCUT2D eigenvalue weighted by Gasteiger charge is 2.84. The molecule has 3 rings (SSSR count). The van der Waals surface area contributed by atoms with Crippen LogP contribution in [0.15, 0.2) is 0 Å². The summed E-state index contributed by atoms with van der Waals surface area (Å²) in [5.74, 6) is -1.17. The molecule has 3 heterocycles. The van der Waals surface area contributed by atoms with Crippen LogP contribution in [0.2, 0.25) is 0 Å². The van der Waals surface area contributed by atoms with Crippen LogP contribution in [-0.4, -0.2) is 55.6 Å². The molecule has 8 nitrogen and oxygen atoms in total. The fourth-order valence-corrected chi connectivity index (χ4v) is 6.38. The standard InChI is InChI=1S/C15H22O8S/c1-9-12-15(5-6-20-10(2)16)13(4,24(18,19)22-12)7-14(9,23-15)8-21-11(3)17/h9,12H,5-8H2,1-4H3. The van der Waals surface area contributed by atoms with Gasteiger partial charge >= 0.3 is 11.9 Å². The predicted octanol–water partition coefficient (Wildman–Crippen LogP) is 0.538. The van der Waals surface area contributed by atoms with E-state index in [0.717, 1.165) is 0 Å². The Balaban J connectivity index is 1.96. The van der Waals surface area contributed by atoms with Gasteiger partial charge in [-0.05, 0) is 6.92 Å². The first-order valence-corrected chi connectivity index (χ1v) is 9.30. The zero-order valence-electron chi connectivity index (χ0n) is 14.2. The summed E-state index contributed by atoms with van der Waals surface area (Å²) in [6.45, 7) is 6.03. The average Bonchev–Trinajstić information content (AvgIpc) is 2.89. The summed E-state index contributed by atoms with van der Waals surface area (Å²) in [6, 6.07) is 0. The molecule has 0 aromatic heterocycles. The summed E-state index contributed by atoms with van der Waals surface area (Å²) >= 11 is 0. The fraction of sp³-hybridized carbons (Fsp3) is 0.867. The van der Waals surface area contributed by atoms with Crippen LogP contribution >= 0.6 is 0 Å². The first kappa shape index (κ1) is 17.6. The van der Waals surface area contributed by atoms with Gasteiger partial charge in [-0.2, -0.15) is 8.42 Å². The molecule has 3 aliphatic rings. The van der Waals surface area contributed by atoms with Gasteiger partial charge in [0.15, 0.2) is 0 Å². The highest BCUT2D eigenvalue weighted by Crippen LogP contribution is 2.68. The van der Waals surface area contributed by atoms with Gasteiger partial charge in [-0.1, -0.05) is 6.92 Å². The lowest BCUT2D eigenvalue weighted by Gasteiger charge is -2.37. The summed E-state index contributed by atoms with van der Waals surface area (Å²) in [6.07, 6.45) is -0.306. The van der Waals surface area contributed by atoms with Crippen molar-refractivity contribution in [1.82, 2.24) is 0 Å². The molecule has 3 aliphatic heterocycles. The van der Waals surface area contributed by atoms with E-state index in [-0.39, 0.29) is 32.0 Å². The number of carbonyl (C=O) groups is 2. The highest BCUT2D eigenvalue weighted by molar-refractivity contribution is 7.88. The molecule has 5 atom stereocenters. The number of esters is 2. The largest absolute Gasteiger partial charge is 0.466 e. The van der Waals surface area contributed by atoms with Crippen molar-refractivity contribution in [3.05, 3.63) is 0 Å². The molecule has 24 heavy (non-hydrogen) atoms. The number of hydrogen-bond acceptors (Lipinski definition) is 8. The maximum Gasteiger partial charge on any atom is 0.302 e. The summed E-state index contributed by atoms with van der Waals surface area (Å²) in [5.41, 5.74) is -2.02. The second-order valence-corrected chi connectivity index (χ2v) is 9.10. The molecule has 9 heteroatoms. The van der Waals surface area contributed by atoms with E-state index in [1.165, 1.54) is 13.8 Å². The van der Waals surface area contributed by atoms with Gasteiger partial charge in [-0.15, -0.1) is 0 Å².